The van der Waals surface area contributed by atoms with E-state index in [0.29, 0.717) is 24.5 Å². The lowest BCUT2D eigenvalue weighted by molar-refractivity contribution is 0.0589. The molecule has 0 aromatic carbocycles. The summed E-state index contributed by atoms with van der Waals surface area (Å²) in [5.41, 5.74) is 0.0818. The van der Waals surface area contributed by atoms with E-state index in [9.17, 15) is 15.0 Å². The maximum Gasteiger partial charge on any atom is 0.414 e. The Kier molecular flexibility index (Phi) is 5.92. The first kappa shape index (κ1) is 19.2. The van der Waals surface area contributed by atoms with Crippen molar-refractivity contribution < 1.29 is 19.7 Å². The number of aromatic nitrogens is 1. The number of hydrogen-bond acceptors (Lipinski definition) is 6. The number of ether oxygens (including phenoxy) is 1. The van der Waals surface area contributed by atoms with Gasteiger partial charge in [-0.25, -0.2) is 9.78 Å². The second-order valence-corrected chi connectivity index (χ2v) is 7.99. The van der Waals surface area contributed by atoms with Crippen molar-refractivity contribution in [2.45, 2.75) is 44.9 Å². The quantitative estimate of drug-likeness (QED) is 0.687. The van der Waals surface area contributed by atoms with Crippen molar-refractivity contribution in [3.63, 3.8) is 0 Å². The van der Waals surface area contributed by atoms with Crippen molar-refractivity contribution in [3.8, 4) is 0 Å². The standard InChI is InChI=1S/C16H24IN3O4/c1-16(2,3)24-15(23)19(4)11-8-18-14(7-10(11)17)20-6-5-13(22)12(20)9-21/h7-8,12-13,21-22H,5-6,9H2,1-4H3/t12-,13+/m1/s1. The maximum atomic E-state index is 12.2. The Balaban J connectivity index is 2.19. The van der Waals surface area contributed by atoms with Crippen LogP contribution in [0.15, 0.2) is 12.3 Å². The summed E-state index contributed by atoms with van der Waals surface area (Å²) in [5, 5.41) is 19.4. The van der Waals surface area contributed by atoms with E-state index in [2.05, 4.69) is 27.6 Å². The van der Waals surface area contributed by atoms with Gasteiger partial charge in [-0.1, -0.05) is 0 Å². The Hall–Kier alpha value is -1.13. The van der Waals surface area contributed by atoms with Crippen molar-refractivity contribution in [1.82, 2.24) is 4.98 Å². The number of rotatable bonds is 3. The molecule has 0 bridgehead atoms. The van der Waals surface area contributed by atoms with Gasteiger partial charge in [0.25, 0.3) is 0 Å². The van der Waals surface area contributed by atoms with Gasteiger partial charge >= 0.3 is 6.09 Å². The average molecular weight is 449 g/mol. The van der Waals surface area contributed by atoms with Crippen molar-refractivity contribution in [3.05, 3.63) is 15.8 Å². The van der Waals surface area contributed by atoms with Gasteiger partial charge in [-0.3, -0.25) is 4.90 Å². The molecular formula is C16H24IN3O4. The Morgan fingerprint density at radius 1 is 1.54 bits per heavy atom. The number of aliphatic hydroxyl groups is 2. The van der Waals surface area contributed by atoms with Crippen molar-refractivity contribution in [2.24, 2.45) is 0 Å². The highest BCUT2D eigenvalue weighted by molar-refractivity contribution is 14.1. The Morgan fingerprint density at radius 2 is 2.21 bits per heavy atom. The Labute approximate surface area is 155 Å². The number of nitrogens with zero attached hydrogens (tertiary/aromatic N) is 3. The average Bonchev–Trinajstić information content (AvgIpc) is 2.85. The molecule has 1 aromatic heterocycles. The SMILES string of the molecule is CN(C(=O)OC(C)(C)C)c1cnc(N2CC[C@H](O)[C@H]2CO)cc1I. The van der Waals surface area contributed by atoms with Crippen LogP contribution < -0.4 is 9.80 Å². The zero-order valence-electron chi connectivity index (χ0n) is 14.4. The molecule has 0 radical (unpaired) electrons. The number of aliphatic hydroxyl groups excluding tert-OH is 2. The molecule has 0 spiro atoms. The van der Waals surface area contributed by atoms with E-state index in [1.807, 2.05) is 31.7 Å². The van der Waals surface area contributed by atoms with E-state index in [1.165, 1.54) is 4.90 Å². The van der Waals surface area contributed by atoms with E-state index >= 15 is 0 Å². The monoisotopic (exact) mass is 449 g/mol. The summed E-state index contributed by atoms with van der Waals surface area (Å²) >= 11 is 2.14. The van der Waals surface area contributed by atoms with Gasteiger partial charge < -0.3 is 19.8 Å². The van der Waals surface area contributed by atoms with Gasteiger partial charge in [0.15, 0.2) is 0 Å². The van der Waals surface area contributed by atoms with Crippen LogP contribution in [0.3, 0.4) is 0 Å². The summed E-state index contributed by atoms with van der Waals surface area (Å²) in [4.78, 5) is 19.9. The molecule has 1 aromatic rings. The first-order chi connectivity index (χ1) is 11.1. The summed E-state index contributed by atoms with van der Waals surface area (Å²) < 4.78 is 6.20. The van der Waals surface area contributed by atoms with E-state index in [0.717, 1.165) is 3.57 Å². The molecule has 0 saturated carbocycles. The van der Waals surface area contributed by atoms with Crippen LogP contribution in [0.25, 0.3) is 0 Å². The van der Waals surface area contributed by atoms with Crippen LogP contribution in [0.5, 0.6) is 0 Å². The highest BCUT2D eigenvalue weighted by Gasteiger charge is 2.33. The fourth-order valence-electron chi connectivity index (χ4n) is 2.59. The molecule has 1 saturated heterocycles. The molecule has 0 aliphatic carbocycles. The molecule has 1 amide bonds. The summed E-state index contributed by atoms with van der Waals surface area (Å²) in [5.74, 6) is 0.677. The predicted octanol–water partition coefficient (Wildman–Crippen LogP) is 1.99. The van der Waals surface area contributed by atoms with Crippen LogP contribution >= 0.6 is 22.6 Å². The summed E-state index contributed by atoms with van der Waals surface area (Å²) in [6.45, 7) is 5.96. The lowest BCUT2D eigenvalue weighted by atomic mass is 10.2. The van der Waals surface area contributed by atoms with Crippen molar-refractivity contribution >= 4 is 40.2 Å². The minimum atomic E-state index is -0.565. The third-order valence-corrected chi connectivity index (χ3v) is 4.70. The third kappa shape index (κ3) is 4.28. The first-order valence-electron chi connectivity index (χ1n) is 7.82. The van der Waals surface area contributed by atoms with Crippen LogP contribution in [0.4, 0.5) is 16.3 Å². The Bertz CT molecular complexity index is 605. The number of amides is 1. The summed E-state index contributed by atoms with van der Waals surface area (Å²) in [6, 6.07) is 1.50. The molecule has 24 heavy (non-hydrogen) atoms. The topological polar surface area (TPSA) is 86.1 Å². The second kappa shape index (κ2) is 7.40. The number of anilines is 2. The molecule has 2 heterocycles. The summed E-state index contributed by atoms with van der Waals surface area (Å²) in [7, 11) is 1.64. The molecule has 7 nitrogen and oxygen atoms in total. The number of carbonyl (C=O) groups excluding carboxylic acids is 1. The highest BCUT2D eigenvalue weighted by Crippen LogP contribution is 2.29. The van der Waals surface area contributed by atoms with Gasteiger partial charge in [0, 0.05) is 17.2 Å². The molecule has 8 heteroatoms. The van der Waals surface area contributed by atoms with Gasteiger partial charge in [0.2, 0.25) is 0 Å². The maximum absolute atomic E-state index is 12.2. The molecule has 2 rings (SSSR count). The van der Waals surface area contributed by atoms with E-state index in [4.69, 9.17) is 4.74 Å². The summed E-state index contributed by atoms with van der Waals surface area (Å²) in [6.07, 6.45) is 1.21. The number of hydrogen-bond donors (Lipinski definition) is 2. The first-order valence-corrected chi connectivity index (χ1v) is 8.89. The number of halogens is 1. The van der Waals surface area contributed by atoms with E-state index < -0.39 is 17.8 Å². The second-order valence-electron chi connectivity index (χ2n) is 6.83. The fraction of sp³-hybridized carbons (Fsp3) is 0.625. The van der Waals surface area contributed by atoms with Crippen molar-refractivity contribution in [2.75, 3.05) is 30.0 Å². The lowest BCUT2D eigenvalue weighted by Gasteiger charge is -2.27. The zero-order chi connectivity index (χ0) is 18.1. The van der Waals surface area contributed by atoms with Gasteiger partial charge in [0.05, 0.1) is 30.6 Å². The molecular weight excluding hydrogens is 425 g/mol. The normalized spacial score (nSPS) is 21.0. The zero-order valence-corrected chi connectivity index (χ0v) is 16.5. The molecule has 134 valence electrons. The van der Waals surface area contributed by atoms with Crippen molar-refractivity contribution in [1.29, 1.82) is 0 Å². The lowest BCUT2D eigenvalue weighted by Crippen LogP contribution is -2.39. The molecule has 0 unspecified atom stereocenters. The molecule has 1 fully saturated rings. The molecule has 2 N–H and O–H groups in total. The number of carbonyl (C=O) groups is 1. The van der Waals surface area contributed by atoms with E-state index in [1.54, 1.807) is 13.2 Å². The van der Waals surface area contributed by atoms with Crippen LogP contribution in [-0.2, 0) is 4.74 Å². The molecule has 1 aliphatic heterocycles. The smallest absolute Gasteiger partial charge is 0.414 e. The molecule has 2 atom stereocenters. The highest BCUT2D eigenvalue weighted by atomic mass is 127. The van der Waals surface area contributed by atoms with Gasteiger partial charge in [-0.2, -0.15) is 0 Å². The van der Waals surface area contributed by atoms with Gasteiger partial charge in [0.1, 0.15) is 11.4 Å². The van der Waals surface area contributed by atoms with Crippen LogP contribution in [-0.4, -0.2) is 59.2 Å². The third-order valence-electron chi connectivity index (χ3n) is 3.84. The fourth-order valence-corrected chi connectivity index (χ4v) is 3.37. The molecule has 1 aliphatic rings. The van der Waals surface area contributed by atoms with Crippen LogP contribution in [0.1, 0.15) is 27.2 Å². The minimum absolute atomic E-state index is 0.126. The van der Waals surface area contributed by atoms with Gasteiger partial charge in [-0.15, -0.1) is 0 Å². The number of pyridine rings is 1. The Morgan fingerprint density at radius 3 is 2.75 bits per heavy atom. The van der Waals surface area contributed by atoms with Crippen LogP contribution in [0, 0.1) is 3.57 Å². The predicted molar refractivity (Wildman–Crippen MR) is 100 cm³/mol. The van der Waals surface area contributed by atoms with E-state index in [-0.39, 0.29) is 12.6 Å². The van der Waals surface area contributed by atoms with Crippen LogP contribution in [0.2, 0.25) is 0 Å². The largest absolute Gasteiger partial charge is 0.443 e. The minimum Gasteiger partial charge on any atom is -0.443 e. The van der Waals surface area contributed by atoms with Gasteiger partial charge in [-0.05, 0) is 55.8 Å².